The van der Waals surface area contributed by atoms with Crippen LogP contribution in [0, 0.1) is 0 Å². The molecule has 0 bridgehead atoms. The van der Waals surface area contributed by atoms with E-state index in [1.807, 2.05) is 6.92 Å². The summed E-state index contributed by atoms with van der Waals surface area (Å²) >= 11 is 17.5. The first-order valence-electron chi connectivity index (χ1n) is 9.01. The molecule has 0 aliphatic heterocycles. The number of nitrogens with one attached hydrogen (secondary N) is 2. The number of benzene rings is 2. The minimum atomic E-state index is -5.01. The fourth-order valence-electron chi connectivity index (χ4n) is 2.65. The van der Waals surface area contributed by atoms with Crippen LogP contribution < -0.4 is 10.6 Å². The van der Waals surface area contributed by atoms with Gasteiger partial charge in [0.2, 0.25) is 11.5 Å². The van der Waals surface area contributed by atoms with E-state index in [1.54, 1.807) is 24.3 Å². The van der Waals surface area contributed by atoms with Crippen LogP contribution in [0.1, 0.15) is 30.9 Å². The number of hydrogen-bond donors (Lipinski definition) is 3. The maximum absolute atomic E-state index is 13.7. The topological polar surface area (TPSA) is 61.4 Å². The van der Waals surface area contributed by atoms with Gasteiger partial charge in [0, 0.05) is 18.7 Å². The lowest BCUT2D eigenvalue weighted by atomic mass is 9.92. The lowest BCUT2D eigenvalue weighted by Gasteiger charge is -2.32. The molecule has 0 radical (unpaired) electrons. The van der Waals surface area contributed by atoms with Gasteiger partial charge in [-0.25, -0.2) is 0 Å². The molecular formula is C20H20Cl3F3N2O2. The second kappa shape index (κ2) is 10.1. The summed E-state index contributed by atoms with van der Waals surface area (Å²) in [6.45, 7) is 1.33. The van der Waals surface area contributed by atoms with E-state index in [4.69, 9.17) is 34.8 Å². The van der Waals surface area contributed by atoms with Gasteiger partial charge in [0.15, 0.2) is 0 Å². The van der Waals surface area contributed by atoms with Crippen LogP contribution in [0.2, 0.25) is 15.1 Å². The Bertz CT molecular complexity index is 869. The molecule has 2 aromatic rings. The van der Waals surface area contributed by atoms with Gasteiger partial charge in [0.1, 0.15) is 0 Å². The minimum Gasteiger partial charge on any atom is -0.381 e. The van der Waals surface area contributed by atoms with E-state index >= 15 is 0 Å². The Morgan fingerprint density at radius 2 is 1.63 bits per heavy atom. The molecule has 0 fully saturated rings. The second-order valence-corrected chi connectivity index (χ2v) is 7.88. The van der Waals surface area contributed by atoms with Crippen LogP contribution >= 0.6 is 34.8 Å². The molecule has 0 saturated carbocycles. The zero-order valence-electron chi connectivity index (χ0n) is 15.9. The van der Waals surface area contributed by atoms with Gasteiger partial charge in [-0.1, -0.05) is 53.9 Å². The predicted molar refractivity (Wildman–Crippen MR) is 113 cm³/mol. The van der Waals surface area contributed by atoms with Crippen LogP contribution in [0.4, 0.5) is 18.9 Å². The first kappa shape index (κ1) is 24.6. The molecule has 1 amide bonds. The molecule has 0 saturated heterocycles. The Hall–Kier alpha value is -1.67. The Labute approximate surface area is 187 Å². The molecule has 2 rings (SSSR count). The number of rotatable bonds is 8. The van der Waals surface area contributed by atoms with Gasteiger partial charge in [-0.2, -0.15) is 13.2 Å². The molecule has 30 heavy (non-hydrogen) atoms. The predicted octanol–water partition coefficient (Wildman–Crippen LogP) is 5.93. The zero-order valence-corrected chi connectivity index (χ0v) is 18.2. The Morgan fingerprint density at radius 3 is 2.13 bits per heavy atom. The van der Waals surface area contributed by atoms with E-state index in [0.29, 0.717) is 18.7 Å². The molecule has 2 aromatic carbocycles. The van der Waals surface area contributed by atoms with Crippen molar-refractivity contribution < 1.29 is 23.1 Å². The normalized spacial score (nSPS) is 13.6. The second-order valence-electron chi connectivity index (χ2n) is 6.69. The Morgan fingerprint density at radius 1 is 1.07 bits per heavy atom. The number of anilines is 1. The highest BCUT2D eigenvalue weighted by atomic mass is 35.5. The van der Waals surface area contributed by atoms with E-state index in [1.165, 1.54) is 0 Å². The smallest absolute Gasteiger partial charge is 0.381 e. The molecule has 164 valence electrons. The molecule has 1 atom stereocenters. The van der Waals surface area contributed by atoms with Crippen molar-refractivity contribution in [3.05, 3.63) is 62.6 Å². The molecule has 4 nitrogen and oxygen atoms in total. The number of carbonyl (C=O) groups is 1. The van der Waals surface area contributed by atoms with Crippen molar-refractivity contribution in [2.24, 2.45) is 0 Å². The molecule has 0 spiro atoms. The summed E-state index contributed by atoms with van der Waals surface area (Å²) in [7, 11) is 0. The fourth-order valence-corrected chi connectivity index (χ4v) is 3.24. The van der Waals surface area contributed by atoms with Crippen LogP contribution in [-0.4, -0.2) is 23.7 Å². The van der Waals surface area contributed by atoms with Gasteiger partial charge < -0.3 is 15.7 Å². The first-order valence-corrected chi connectivity index (χ1v) is 10.1. The summed E-state index contributed by atoms with van der Waals surface area (Å²) in [6.07, 6.45) is -3.85. The molecule has 0 heterocycles. The van der Waals surface area contributed by atoms with Crippen molar-refractivity contribution >= 4 is 46.4 Å². The average Bonchev–Trinajstić information content (AvgIpc) is 2.68. The molecule has 3 N–H and O–H groups in total. The highest BCUT2D eigenvalue weighted by Gasteiger charge is 2.55. The van der Waals surface area contributed by atoms with Crippen molar-refractivity contribution in [2.75, 3.05) is 11.9 Å². The Balaban J connectivity index is 2.14. The lowest BCUT2D eigenvalue weighted by molar-refractivity contribution is -0.260. The zero-order chi connectivity index (χ0) is 22.5. The largest absolute Gasteiger partial charge is 0.423 e. The fraction of sp³-hybridized carbons (Fsp3) is 0.350. The van der Waals surface area contributed by atoms with E-state index in [9.17, 15) is 23.1 Å². The highest BCUT2D eigenvalue weighted by Crippen LogP contribution is 2.43. The number of hydrogen-bond acceptors (Lipinski definition) is 3. The summed E-state index contributed by atoms with van der Waals surface area (Å²) in [5.41, 5.74) is -2.64. The summed E-state index contributed by atoms with van der Waals surface area (Å²) < 4.78 is 41.1. The Kier molecular flexibility index (Phi) is 8.27. The SMILES string of the molecule is CCCC(=O)NCc1ccc(NC[C@@](O)(c2cc(Cl)c(Cl)c(Cl)c2)C(F)(F)F)cc1. The summed E-state index contributed by atoms with van der Waals surface area (Å²) in [5.74, 6) is -0.0739. The van der Waals surface area contributed by atoms with Crippen LogP contribution in [0.25, 0.3) is 0 Å². The third-order valence-corrected chi connectivity index (χ3v) is 5.60. The third kappa shape index (κ3) is 5.94. The molecule has 0 unspecified atom stereocenters. The number of alkyl halides is 3. The third-order valence-electron chi connectivity index (χ3n) is 4.40. The van der Waals surface area contributed by atoms with E-state index in [2.05, 4.69) is 10.6 Å². The van der Waals surface area contributed by atoms with Gasteiger partial charge in [0.05, 0.1) is 21.6 Å². The van der Waals surface area contributed by atoms with Crippen molar-refractivity contribution in [1.29, 1.82) is 0 Å². The van der Waals surface area contributed by atoms with Gasteiger partial charge in [0.25, 0.3) is 0 Å². The monoisotopic (exact) mass is 482 g/mol. The van der Waals surface area contributed by atoms with Crippen molar-refractivity contribution in [3.8, 4) is 0 Å². The number of aliphatic hydroxyl groups is 1. The lowest BCUT2D eigenvalue weighted by Crippen LogP contribution is -2.47. The maximum Gasteiger partial charge on any atom is 0.423 e. The average molecular weight is 484 g/mol. The summed E-state index contributed by atoms with van der Waals surface area (Å²) in [6, 6.07) is 8.31. The van der Waals surface area contributed by atoms with Crippen LogP contribution in [0.15, 0.2) is 36.4 Å². The highest BCUT2D eigenvalue weighted by molar-refractivity contribution is 6.48. The van der Waals surface area contributed by atoms with Crippen molar-refractivity contribution in [3.63, 3.8) is 0 Å². The first-order chi connectivity index (χ1) is 14.0. The van der Waals surface area contributed by atoms with Crippen molar-refractivity contribution in [1.82, 2.24) is 5.32 Å². The molecular weight excluding hydrogens is 464 g/mol. The van der Waals surface area contributed by atoms with E-state index in [-0.39, 0.29) is 21.0 Å². The van der Waals surface area contributed by atoms with Crippen LogP contribution in [-0.2, 0) is 16.9 Å². The standard InChI is InChI=1S/C20H20Cl3F3N2O2/c1-2-3-17(29)27-10-12-4-6-14(7-5-12)28-11-19(30,20(24,25)26)13-8-15(21)18(23)16(22)9-13/h4-9,28,30H,2-3,10-11H2,1H3,(H,27,29)/t19-/m1/s1. The quantitative estimate of drug-likeness (QED) is 0.408. The molecule has 0 aliphatic rings. The van der Waals surface area contributed by atoms with E-state index < -0.39 is 23.9 Å². The van der Waals surface area contributed by atoms with Crippen LogP contribution in [0.5, 0.6) is 0 Å². The molecule has 0 aromatic heterocycles. The number of amides is 1. The van der Waals surface area contributed by atoms with Gasteiger partial charge in [-0.15, -0.1) is 0 Å². The number of carbonyl (C=O) groups excluding carboxylic acids is 1. The summed E-state index contributed by atoms with van der Waals surface area (Å²) in [5, 5.41) is 15.3. The molecule has 10 heteroatoms. The maximum atomic E-state index is 13.7. The van der Waals surface area contributed by atoms with Gasteiger partial charge >= 0.3 is 6.18 Å². The van der Waals surface area contributed by atoms with Crippen LogP contribution in [0.3, 0.4) is 0 Å². The van der Waals surface area contributed by atoms with Gasteiger partial charge in [-0.3, -0.25) is 4.79 Å². The number of halogens is 6. The summed E-state index contributed by atoms with van der Waals surface area (Å²) in [4.78, 5) is 11.5. The molecule has 0 aliphatic carbocycles. The van der Waals surface area contributed by atoms with Gasteiger partial charge in [-0.05, 0) is 41.8 Å². The van der Waals surface area contributed by atoms with E-state index in [0.717, 1.165) is 24.1 Å². The minimum absolute atomic E-state index is 0.0739. The van der Waals surface area contributed by atoms with Crippen molar-refractivity contribution in [2.45, 2.75) is 38.1 Å².